The number of carbonyl (C=O) groups is 1. The van der Waals surface area contributed by atoms with Gasteiger partial charge in [-0.05, 0) is 69.2 Å². The van der Waals surface area contributed by atoms with Crippen LogP contribution in [0.4, 0.5) is 0 Å². The monoisotopic (exact) mass is 670 g/mol. The number of carboxylic acids is 1. The molecule has 0 saturated heterocycles. The lowest BCUT2D eigenvalue weighted by atomic mass is 10.3. The predicted octanol–water partition coefficient (Wildman–Crippen LogP) is 3.26. The number of rotatable bonds is 29. The van der Waals surface area contributed by atoms with Gasteiger partial charge in [0, 0.05) is 12.2 Å². The molecule has 0 aromatic heterocycles. The molecule has 9 atom stereocenters. The molecule has 13 nitrogen and oxygen atoms in total. The van der Waals surface area contributed by atoms with Crippen LogP contribution in [-0.4, -0.2) is 149 Å². The maximum atomic E-state index is 9.76. The maximum Gasteiger partial charge on any atom is 0.330 e. The number of hydrogen-bond acceptors (Lipinski definition) is 12. The van der Waals surface area contributed by atoms with E-state index in [2.05, 4.69) is 6.58 Å². The summed E-state index contributed by atoms with van der Waals surface area (Å²) in [4.78, 5) is 9.60. The summed E-state index contributed by atoms with van der Waals surface area (Å²) in [6.45, 7) is 26.1. The lowest BCUT2D eigenvalue weighted by molar-refractivity contribution is -0.132. The average Bonchev–Trinajstić information content (AvgIpc) is 3.02. The van der Waals surface area contributed by atoms with E-state index in [9.17, 15) is 9.90 Å². The van der Waals surface area contributed by atoms with Crippen molar-refractivity contribution in [3.63, 3.8) is 0 Å². The first-order chi connectivity index (χ1) is 21.6. The fourth-order valence-corrected chi connectivity index (χ4v) is 3.07. The van der Waals surface area contributed by atoms with Crippen LogP contribution in [-0.2, 0) is 47.4 Å². The average molecular weight is 671 g/mol. The summed E-state index contributed by atoms with van der Waals surface area (Å²) in [6, 6.07) is 0. The smallest absolute Gasteiger partial charge is 0.330 e. The van der Waals surface area contributed by atoms with Crippen LogP contribution in [0.1, 0.15) is 69.2 Å². The van der Waals surface area contributed by atoms with E-state index in [1.807, 2.05) is 62.3 Å². The predicted molar refractivity (Wildman–Crippen MR) is 175 cm³/mol. The van der Waals surface area contributed by atoms with Gasteiger partial charge in [0.2, 0.25) is 0 Å². The minimum Gasteiger partial charge on any atom is -0.478 e. The van der Waals surface area contributed by atoms with Crippen molar-refractivity contribution in [1.29, 1.82) is 0 Å². The second-order valence-electron chi connectivity index (χ2n) is 11.7. The van der Waals surface area contributed by atoms with Gasteiger partial charge in [0.05, 0.1) is 115 Å². The SMILES string of the molecule is C=C(C)C(=O)O.CCOCC(O)COC(C)COC(C)COC(C)COC(C)COC(C)COC(C)COC(C)COC(C)CO. The molecule has 9 unspecified atom stereocenters. The molecule has 0 aromatic rings. The number of aliphatic hydroxyl groups excluding tert-OH is 2. The summed E-state index contributed by atoms with van der Waals surface area (Å²) in [5.74, 6) is -0.935. The van der Waals surface area contributed by atoms with E-state index in [1.54, 1.807) is 0 Å². The van der Waals surface area contributed by atoms with Crippen molar-refractivity contribution >= 4 is 5.97 Å². The molecule has 0 amide bonds. The zero-order valence-electron chi connectivity index (χ0n) is 30.1. The van der Waals surface area contributed by atoms with Crippen molar-refractivity contribution in [1.82, 2.24) is 0 Å². The molecule has 0 spiro atoms. The Kier molecular flexibility index (Phi) is 30.5. The highest BCUT2D eigenvalue weighted by Crippen LogP contribution is 2.05. The number of hydrogen-bond donors (Lipinski definition) is 3. The summed E-state index contributed by atoms with van der Waals surface area (Å²) >= 11 is 0. The molecule has 0 heterocycles. The van der Waals surface area contributed by atoms with Gasteiger partial charge in [-0.25, -0.2) is 4.79 Å². The van der Waals surface area contributed by atoms with Crippen molar-refractivity contribution in [2.24, 2.45) is 0 Å². The highest BCUT2D eigenvalue weighted by atomic mass is 16.6. The van der Waals surface area contributed by atoms with Gasteiger partial charge in [0.25, 0.3) is 0 Å². The first kappa shape index (κ1) is 46.9. The third-order valence-electron chi connectivity index (χ3n) is 6.02. The van der Waals surface area contributed by atoms with Gasteiger partial charge < -0.3 is 58.0 Å². The first-order valence-corrected chi connectivity index (χ1v) is 16.3. The third-order valence-corrected chi connectivity index (χ3v) is 6.02. The molecule has 0 aromatic carbocycles. The summed E-state index contributed by atoms with van der Waals surface area (Å²) < 4.78 is 51.2. The Labute approximate surface area is 277 Å². The summed E-state index contributed by atoms with van der Waals surface area (Å²) in [7, 11) is 0. The van der Waals surface area contributed by atoms with Gasteiger partial charge in [-0.2, -0.15) is 0 Å². The summed E-state index contributed by atoms with van der Waals surface area (Å²) in [5.41, 5.74) is 0.176. The molecular weight excluding hydrogens is 604 g/mol. The second kappa shape index (κ2) is 29.9. The molecule has 0 rings (SSSR count). The molecule has 0 aliphatic carbocycles. The molecule has 0 aliphatic rings. The highest BCUT2D eigenvalue weighted by molar-refractivity contribution is 5.84. The molecule has 276 valence electrons. The molecule has 0 saturated carbocycles. The van der Waals surface area contributed by atoms with Gasteiger partial charge in [0.15, 0.2) is 0 Å². The van der Waals surface area contributed by atoms with E-state index in [4.69, 9.17) is 52.8 Å². The van der Waals surface area contributed by atoms with Gasteiger partial charge in [-0.1, -0.05) is 6.58 Å². The normalized spacial score (nSPS) is 17.5. The van der Waals surface area contributed by atoms with E-state index >= 15 is 0 Å². The third kappa shape index (κ3) is 31.4. The van der Waals surface area contributed by atoms with E-state index in [1.165, 1.54) is 6.92 Å². The standard InChI is InChI=1S/C29H60O11.C4H6O2/c1-10-32-19-29(31)20-40-28(9)18-39-27(8)17-38-26(7)16-37-25(6)15-36-24(5)14-35-23(4)13-34-22(3)12-33-21(2)11-30;1-3(2)4(5)6/h21-31H,10-20H2,1-9H3;1H2,2H3,(H,5,6). The maximum absolute atomic E-state index is 9.76. The Morgan fingerprint density at radius 2 is 0.783 bits per heavy atom. The van der Waals surface area contributed by atoms with Crippen molar-refractivity contribution in [2.45, 2.75) is 124 Å². The van der Waals surface area contributed by atoms with Crippen LogP contribution >= 0.6 is 0 Å². The Hall–Kier alpha value is -1.23. The van der Waals surface area contributed by atoms with Crippen LogP contribution in [0.25, 0.3) is 0 Å². The largest absolute Gasteiger partial charge is 0.478 e. The number of aliphatic hydroxyl groups is 2. The number of ether oxygens (including phenoxy) is 9. The molecule has 0 radical (unpaired) electrons. The van der Waals surface area contributed by atoms with Crippen LogP contribution in [0.3, 0.4) is 0 Å². The van der Waals surface area contributed by atoms with E-state index in [0.717, 1.165) is 0 Å². The fraction of sp³-hybridized carbons (Fsp3) is 0.909. The quantitative estimate of drug-likeness (QED) is 0.0996. The Morgan fingerprint density at radius 1 is 0.543 bits per heavy atom. The van der Waals surface area contributed by atoms with Gasteiger partial charge in [-0.3, -0.25) is 0 Å². The minimum absolute atomic E-state index is 0.00384. The first-order valence-electron chi connectivity index (χ1n) is 16.3. The minimum atomic E-state index is -0.935. The molecular formula is C33H66O13. The van der Waals surface area contributed by atoms with E-state index < -0.39 is 12.1 Å². The Bertz CT molecular complexity index is 714. The van der Waals surface area contributed by atoms with Crippen molar-refractivity contribution in [3.05, 3.63) is 12.2 Å². The molecule has 0 bridgehead atoms. The van der Waals surface area contributed by atoms with Crippen LogP contribution < -0.4 is 0 Å². The Balaban J connectivity index is 0. The lowest BCUT2D eigenvalue weighted by Crippen LogP contribution is -2.30. The number of carboxylic acid groups (broad SMARTS) is 1. The molecule has 46 heavy (non-hydrogen) atoms. The van der Waals surface area contributed by atoms with E-state index in [-0.39, 0.29) is 74.2 Å². The summed E-state index contributed by atoms with van der Waals surface area (Å²) in [5, 5.41) is 26.7. The fourth-order valence-electron chi connectivity index (χ4n) is 3.07. The van der Waals surface area contributed by atoms with Crippen molar-refractivity contribution < 1.29 is 62.7 Å². The number of aliphatic carboxylic acids is 1. The van der Waals surface area contributed by atoms with Crippen LogP contribution in [0, 0.1) is 0 Å². The van der Waals surface area contributed by atoms with Gasteiger partial charge in [0.1, 0.15) is 6.10 Å². The van der Waals surface area contributed by atoms with Crippen molar-refractivity contribution in [2.75, 3.05) is 72.7 Å². The summed E-state index contributed by atoms with van der Waals surface area (Å²) in [6.07, 6.45) is -1.45. The molecule has 0 fully saturated rings. The second-order valence-corrected chi connectivity index (χ2v) is 11.7. The topological polar surface area (TPSA) is 161 Å². The zero-order chi connectivity index (χ0) is 35.5. The molecule has 13 heteroatoms. The molecule has 0 aliphatic heterocycles. The Morgan fingerprint density at radius 3 is 1.00 bits per heavy atom. The van der Waals surface area contributed by atoms with Crippen LogP contribution in [0.5, 0.6) is 0 Å². The zero-order valence-corrected chi connectivity index (χ0v) is 30.1. The highest BCUT2D eigenvalue weighted by Gasteiger charge is 2.15. The van der Waals surface area contributed by atoms with Gasteiger partial charge in [-0.15, -0.1) is 0 Å². The van der Waals surface area contributed by atoms with Crippen molar-refractivity contribution in [3.8, 4) is 0 Å². The lowest BCUT2D eigenvalue weighted by Gasteiger charge is -2.23. The van der Waals surface area contributed by atoms with Gasteiger partial charge >= 0.3 is 5.97 Å². The van der Waals surface area contributed by atoms with E-state index in [0.29, 0.717) is 52.9 Å². The van der Waals surface area contributed by atoms with Crippen LogP contribution in [0.15, 0.2) is 12.2 Å². The van der Waals surface area contributed by atoms with Crippen LogP contribution in [0.2, 0.25) is 0 Å². The molecule has 3 N–H and O–H groups in total.